The number of carbonyl (C=O) groups is 1. The lowest BCUT2D eigenvalue weighted by atomic mass is 10.1. The van der Waals surface area contributed by atoms with E-state index in [-0.39, 0.29) is 5.78 Å². The fraction of sp³-hybridized carbons (Fsp3) is 0.273. The first-order valence-corrected chi connectivity index (χ1v) is 4.41. The molecule has 0 radical (unpaired) electrons. The highest BCUT2D eigenvalue weighted by atomic mass is 16.1. The van der Waals surface area contributed by atoms with Gasteiger partial charge in [-0.05, 0) is 18.6 Å². The van der Waals surface area contributed by atoms with Crippen LogP contribution in [0.15, 0.2) is 30.7 Å². The molecule has 0 N–H and O–H groups in total. The topological polar surface area (TPSA) is 33.2 Å². The van der Waals surface area contributed by atoms with Crippen molar-refractivity contribution in [3.05, 3.63) is 41.9 Å². The van der Waals surface area contributed by atoms with Crippen LogP contribution in [-0.2, 0) is 0 Å². The maximum absolute atomic E-state index is 11.6. The van der Waals surface area contributed by atoms with Gasteiger partial charge in [0.25, 0.3) is 0 Å². The lowest BCUT2D eigenvalue weighted by Crippen LogP contribution is -2.04. The highest BCUT2D eigenvalue weighted by Crippen LogP contribution is 2.06. The molecule has 0 unspecified atom stereocenters. The molecule has 0 aliphatic rings. The standard InChI is InChI=1S/C11H14N2O/c1-9-8-12-6-4-10(9)11(14)5-7-13(2)3/h4-8H,1-3H3/b7-5+. The summed E-state index contributed by atoms with van der Waals surface area (Å²) in [7, 11) is 3.76. The molecule has 0 amide bonds. The summed E-state index contributed by atoms with van der Waals surface area (Å²) in [6.07, 6.45) is 6.62. The van der Waals surface area contributed by atoms with Crippen molar-refractivity contribution in [2.45, 2.75) is 6.92 Å². The van der Waals surface area contributed by atoms with Crippen molar-refractivity contribution in [3.8, 4) is 0 Å². The van der Waals surface area contributed by atoms with Crippen LogP contribution in [0, 0.1) is 6.92 Å². The van der Waals surface area contributed by atoms with E-state index in [1.807, 2.05) is 25.9 Å². The second-order valence-electron chi connectivity index (χ2n) is 3.33. The van der Waals surface area contributed by atoms with Crippen LogP contribution in [0.25, 0.3) is 0 Å². The van der Waals surface area contributed by atoms with E-state index in [1.54, 1.807) is 30.7 Å². The summed E-state index contributed by atoms with van der Waals surface area (Å²) in [4.78, 5) is 17.4. The van der Waals surface area contributed by atoms with Crippen LogP contribution < -0.4 is 0 Å². The number of nitrogens with zero attached hydrogens (tertiary/aromatic N) is 2. The van der Waals surface area contributed by atoms with Gasteiger partial charge in [-0.25, -0.2) is 0 Å². The molecule has 0 aliphatic carbocycles. The molecule has 3 heteroatoms. The predicted molar refractivity (Wildman–Crippen MR) is 56.1 cm³/mol. The number of ketones is 1. The Morgan fingerprint density at radius 1 is 1.50 bits per heavy atom. The maximum atomic E-state index is 11.6. The molecule has 0 atom stereocenters. The molecule has 1 aromatic rings. The minimum absolute atomic E-state index is 0.0126. The Morgan fingerprint density at radius 3 is 2.79 bits per heavy atom. The fourth-order valence-corrected chi connectivity index (χ4v) is 1.06. The summed E-state index contributed by atoms with van der Waals surface area (Å²) < 4.78 is 0. The zero-order valence-corrected chi connectivity index (χ0v) is 8.69. The molecule has 1 rings (SSSR count). The first-order chi connectivity index (χ1) is 6.61. The van der Waals surface area contributed by atoms with Crippen LogP contribution in [-0.4, -0.2) is 29.8 Å². The minimum Gasteiger partial charge on any atom is -0.383 e. The van der Waals surface area contributed by atoms with Gasteiger partial charge in [0.05, 0.1) is 0 Å². The van der Waals surface area contributed by atoms with E-state index in [0.717, 1.165) is 5.56 Å². The number of hydrogen-bond acceptors (Lipinski definition) is 3. The summed E-state index contributed by atoms with van der Waals surface area (Å²) in [5.74, 6) is 0.0126. The van der Waals surface area contributed by atoms with Crippen molar-refractivity contribution in [2.24, 2.45) is 0 Å². The summed E-state index contributed by atoms with van der Waals surface area (Å²) in [6.45, 7) is 1.88. The second-order valence-corrected chi connectivity index (χ2v) is 3.33. The molecule has 0 fully saturated rings. The summed E-state index contributed by atoms with van der Waals surface area (Å²) in [5.41, 5.74) is 1.61. The molecule has 3 nitrogen and oxygen atoms in total. The number of aryl methyl sites for hydroxylation is 1. The second kappa shape index (κ2) is 4.56. The molecular formula is C11H14N2O. The van der Waals surface area contributed by atoms with E-state index in [2.05, 4.69) is 4.98 Å². The lowest BCUT2D eigenvalue weighted by molar-refractivity contribution is 0.104. The van der Waals surface area contributed by atoms with E-state index in [9.17, 15) is 4.79 Å². The fourth-order valence-electron chi connectivity index (χ4n) is 1.06. The zero-order valence-electron chi connectivity index (χ0n) is 8.69. The Hall–Kier alpha value is -1.64. The van der Waals surface area contributed by atoms with E-state index >= 15 is 0 Å². The predicted octanol–water partition coefficient (Wildman–Crippen LogP) is 1.65. The van der Waals surface area contributed by atoms with Gasteiger partial charge in [-0.15, -0.1) is 0 Å². The van der Waals surface area contributed by atoms with Gasteiger partial charge in [-0.2, -0.15) is 0 Å². The third-order valence-corrected chi connectivity index (χ3v) is 1.81. The maximum Gasteiger partial charge on any atom is 0.187 e. The number of carbonyl (C=O) groups excluding carboxylic acids is 1. The molecule has 0 saturated carbocycles. The molecule has 14 heavy (non-hydrogen) atoms. The molecule has 1 aromatic heterocycles. The zero-order chi connectivity index (χ0) is 10.6. The largest absolute Gasteiger partial charge is 0.383 e. The van der Waals surface area contributed by atoms with Gasteiger partial charge in [-0.1, -0.05) is 0 Å². The smallest absolute Gasteiger partial charge is 0.187 e. The van der Waals surface area contributed by atoms with Crippen molar-refractivity contribution >= 4 is 5.78 Å². The van der Waals surface area contributed by atoms with Crippen molar-refractivity contribution in [1.29, 1.82) is 0 Å². The molecule has 0 aromatic carbocycles. The van der Waals surface area contributed by atoms with Crippen LogP contribution in [0.1, 0.15) is 15.9 Å². The molecule has 74 valence electrons. The third-order valence-electron chi connectivity index (χ3n) is 1.81. The summed E-state index contributed by atoms with van der Waals surface area (Å²) >= 11 is 0. The summed E-state index contributed by atoms with van der Waals surface area (Å²) in [6, 6.07) is 1.73. The quantitative estimate of drug-likeness (QED) is 0.536. The van der Waals surface area contributed by atoms with Crippen LogP contribution in [0.4, 0.5) is 0 Å². The molecule has 1 heterocycles. The molecule has 0 bridgehead atoms. The van der Waals surface area contributed by atoms with E-state index in [0.29, 0.717) is 5.56 Å². The lowest BCUT2D eigenvalue weighted by Gasteiger charge is -2.03. The number of aromatic nitrogens is 1. The van der Waals surface area contributed by atoms with Gasteiger partial charge in [0, 0.05) is 44.3 Å². The van der Waals surface area contributed by atoms with Gasteiger partial charge in [0.1, 0.15) is 0 Å². The van der Waals surface area contributed by atoms with Gasteiger partial charge in [0.15, 0.2) is 5.78 Å². The third kappa shape index (κ3) is 2.69. The van der Waals surface area contributed by atoms with Gasteiger partial charge in [0.2, 0.25) is 0 Å². The Morgan fingerprint density at radius 2 is 2.21 bits per heavy atom. The first kappa shape index (κ1) is 10.4. The monoisotopic (exact) mass is 190 g/mol. The van der Waals surface area contributed by atoms with Crippen molar-refractivity contribution in [3.63, 3.8) is 0 Å². The van der Waals surface area contributed by atoms with E-state index in [4.69, 9.17) is 0 Å². The van der Waals surface area contributed by atoms with Crippen LogP contribution >= 0.6 is 0 Å². The highest BCUT2D eigenvalue weighted by molar-refractivity contribution is 6.05. The van der Waals surface area contributed by atoms with Crippen LogP contribution in [0.3, 0.4) is 0 Å². The summed E-state index contributed by atoms with van der Waals surface area (Å²) in [5, 5.41) is 0. The van der Waals surface area contributed by atoms with Crippen molar-refractivity contribution in [2.75, 3.05) is 14.1 Å². The average molecular weight is 190 g/mol. The Labute approximate surface area is 84.1 Å². The molecule has 0 aliphatic heterocycles. The van der Waals surface area contributed by atoms with E-state index in [1.165, 1.54) is 0 Å². The molecular weight excluding hydrogens is 176 g/mol. The Balaban J connectivity index is 2.85. The number of pyridine rings is 1. The molecule has 0 saturated heterocycles. The number of allylic oxidation sites excluding steroid dienone is 1. The van der Waals surface area contributed by atoms with Crippen molar-refractivity contribution in [1.82, 2.24) is 9.88 Å². The normalized spacial score (nSPS) is 10.5. The number of rotatable bonds is 3. The van der Waals surface area contributed by atoms with E-state index < -0.39 is 0 Å². The van der Waals surface area contributed by atoms with Crippen LogP contribution in [0.5, 0.6) is 0 Å². The molecule has 0 spiro atoms. The van der Waals surface area contributed by atoms with Crippen molar-refractivity contribution < 1.29 is 4.79 Å². The average Bonchev–Trinajstić information content (AvgIpc) is 2.15. The first-order valence-electron chi connectivity index (χ1n) is 4.41. The highest BCUT2D eigenvalue weighted by Gasteiger charge is 2.04. The van der Waals surface area contributed by atoms with Gasteiger partial charge >= 0.3 is 0 Å². The Bertz CT molecular complexity index is 356. The van der Waals surface area contributed by atoms with Gasteiger partial charge in [-0.3, -0.25) is 9.78 Å². The SMILES string of the molecule is Cc1cnccc1C(=O)/C=C/N(C)C. The Kier molecular flexibility index (Phi) is 3.40. The minimum atomic E-state index is 0.0126. The van der Waals surface area contributed by atoms with Gasteiger partial charge < -0.3 is 4.90 Å². The van der Waals surface area contributed by atoms with Crippen LogP contribution in [0.2, 0.25) is 0 Å². The number of hydrogen-bond donors (Lipinski definition) is 0.